The molecular formula is C21H17N3OS2. The van der Waals surface area contributed by atoms with Crippen LogP contribution in [0.4, 0.5) is 11.7 Å². The standard InChI is InChI=1S/C21H17N3OS2/c26-18-12-10-17(11-13-18)22-20-23-24-21(25-20)27-14-16-8-4-5-9-19(16)15-6-2-1-3-7-15/h1-13,26H,14H2,(H,22,23). The highest BCUT2D eigenvalue weighted by Gasteiger charge is 2.10. The molecule has 0 aliphatic heterocycles. The molecule has 0 bridgehead atoms. The fraction of sp³-hybridized carbons (Fsp3) is 0.0476. The van der Waals surface area contributed by atoms with Gasteiger partial charge in [0.05, 0.1) is 0 Å². The van der Waals surface area contributed by atoms with E-state index >= 15 is 0 Å². The van der Waals surface area contributed by atoms with Gasteiger partial charge in [-0.25, -0.2) is 0 Å². The van der Waals surface area contributed by atoms with Crippen LogP contribution in [0.25, 0.3) is 11.1 Å². The van der Waals surface area contributed by atoms with Gasteiger partial charge in [-0.15, -0.1) is 12.6 Å². The van der Waals surface area contributed by atoms with Gasteiger partial charge in [0.1, 0.15) is 0 Å². The maximum atomic E-state index is 5.70. The summed E-state index contributed by atoms with van der Waals surface area (Å²) in [4.78, 5) is 0.902. The normalized spacial score (nSPS) is 10.7. The number of thiol groups is 1. The van der Waals surface area contributed by atoms with Gasteiger partial charge in [0.25, 0.3) is 5.22 Å². The van der Waals surface area contributed by atoms with E-state index in [1.54, 1.807) is 0 Å². The highest BCUT2D eigenvalue weighted by molar-refractivity contribution is 7.98. The molecule has 0 amide bonds. The van der Waals surface area contributed by atoms with E-state index in [0.29, 0.717) is 11.2 Å². The molecule has 0 saturated carbocycles. The van der Waals surface area contributed by atoms with E-state index in [2.05, 4.69) is 70.6 Å². The van der Waals surface area contributed by atoms with Gasteiger partial charge in [0, 0.05) is 16.3 Å². The average molecular weight is 392 g/mol. The Hall–Kier alpha value is -2.70. The molecule has 0 aliphatic rings. The van der Waals surface area contributed by atoms with Crippen LogP contribution < -0.4 is 5.32 Å². The van der Waals surface area contributed by atoms with Crippen LogP contribution in [0.5, 0.6) is 0 Å². The lowest BCUT2D eigenvalue weighted by molar-refractivity contribution is 0.468. The highest BCUT2D eigenvalue weighted by Crippen LogP contribution is 2.30. The molecule has 1 N–H and O–H groups in total. The monoisotopic (exact) mass is 391 g/mol. The summed E-state index contributed by atoms with van der Waals surface area (Å²) >= 11 is 5.80. The predicted molar refractivity (Wildman–Crippen MR) is 113 cm³/mol. The van der Waals surface area contributed by atoms with E-state index in [9.17, 15) is 0 Å². The Morgan fingerprint density at radius 3 is 2.41 bits per heavy atom. The number of benzene rings is 3. The highest BCUT2D eigenvalue weighted by atomic mass is 32.2. The summed E-state index contributed by atoms with van der Waals surface area (Å²) in [5.41, 5.74) is 4.53. The first kappa shape index (κ1) is 17.7. The zero-order valence-electron chi connectivity index (χ0n) is 14.4. The lowest BCUT2D eigenvalue weighted by atomic mass is 10.0. The summed E-state index contributed by atoms with van der Waals surface area (Å²) in [7, 11) is 0. The molecule has 4 rings (SSSR count). The Balaban J connectivity index is 1.44. The predicted octanol–water partition coefficient (Wildman–Crippen LogP) is 6.06. The number of hydrogen-bond donors (Lipinski definition) is 2. The smallest absolute Gasteiger partial charge is 0.320 e. The van der Waals surface area contributed by atoms with E-state index in [1.807, 2.05) is 36.4 Å². The fourth-order valence-corrected chi connectivity index (χ4v) is 3.59. The van der Waals surface area contributed by atoms with Crippen LogP contribution in [0, 0.1) is 0 Å². The summed E-state index contributed by atoms with van der Waals surface area (Å²) in [6, 6.07) is 26.7. The first-order valence-electron chi connectivity index (χ1n) is 8.43. The van der Waals surface area contributed by atoms with E-state index in [1.165, 1.54) is 28.5 Å². The number of hydrogen-bond acceptors (Lipinski definition) is 6. The maximum absolute atomic E-state index is 5.70. The van der Waals surface area contributed by atoms with Crippen LogP contribution in [0.15, 0.2) is 93.4 Å². The van der Waals surface area contributed by atoms with Crippen LogP contribution in [0.2, 0.25) is 0 Å². The maximum Gasteiger partial charge on any atom is 0.320 e. The Labute approximate surface area is 167 Å². The fourth-order valence-electron chi connectivity index (χ4n) is 2.67. The van der Waals surface area contributed by atoms with Gasteiger partial charge in [-0.3, -0.25) is 0 Å². The van der Waals surface area contributed by atoms with Crippen molar-refractivity contribution in [2.45, 2.75) is 15.9 Å². The molecule has 0 unspecified atom stereocenters. The minimum Gasteiger partial charge on any atom is -0.398 e. The molecule has 1 aromatic heterocycles. The minimum atomic E-state index is 0.376. The average Bonchev–Trinajstić information content (AvgIpc) is 3.16. The number of rotatable bonds is 6. The molecule has 3 aromatic carbocycles. The summed E-state index contributed by atoms with van der Waals surface area (Å²) in [6.45, 7) is 0. The van der Waals surface area contributed by atoms with Crippen molar-refractivity contribution in [1.82, 2.24) is 10.2 Å². The molecule has 4 nitrogen and oxygen atoms in total. The van der Waals surface area contributed by atoms with E-state index < -0.39 is 0 Å². The molecule has 0 saturated heterocycles. The number of nitrogens with zero attached hydrogens (tertiary/aromatic N) is 2. The third kappa shape index (κ3) is 4.53. The van der Waals surface area contributed by atoms with E-state index in [-0.39, 0.29) is 0 Å². The van der Waals surface area contributed by atoms with Crippen molar-refractivity contribution in [3.63, 3.8) is 0 Å². The van der Waals surface area contributed by atoms with Gasteiger partial charge in [0.2, 0.25) is 0 Å². The van der Waals surface area contributed by atoms with Crippen LogP contribution in [-0.2, 0) is 5.75 Å². The van der Waals surface area contributed by atoms with Gasteiger partial charge in [0.15, 0.2) is 0 Å². The first-order valence-corrected chi connectivity index (χ1v) is 9.87. The van der Waals surface area contributed by atoms with Crippen molar-refractivity contribution in [2.24, 2.45) is 0 Å². The lowest BCUT2D eigenvalue weighted by Gasteiger charge is -2.08. The molecule has 0 atom stereocenters. The van der Waals surface area contributed by atoms with Crippen molar-refractivity contribution >= 4 is 36.1 Å². The largest absolute Gasteiger partial charge is 0.398 e. The van der Waals surface area contributed by atoms with Gasteiger partial charge in [-0.1, -0.05) is 76.6 Å². The van der Waals surface area contributed by atoms with Gasteiger partial charge < -0.3 is 9.73 Å². The molecule has 0 spiro atoms. The molecule has 27 heavy (non-hydrogen) atoms. The Kier molecular flexibility index (Phi) is 5.46. The van der Waals surface area contributed by atoms with Gasteiger partial charge in [-0.05, 0) is 41.0 Å². The molecular weight excluding hydrogens is 374 g/mol. The number of aromatic nitrogens is 2. The van der Waals surface area contributed by atoms with Crippen LogP contribution in [0.1, 0.15) is 5.56 Å². The molecule has 4 aromatic rings. The summed E-state index contributed by atoms with van der Waals surface area (Å²) < 4.78 is 5.70. The van der Waals surface area contributed by atoms with E-state index in [4.69, 9.17) is 4.42 Å². The third-order valence-electron chi connectivity index (χ3n) is 3.98. The quantitative estimate of drug-likeness (QED) is 0.309. The molecule has 1 heterocycles. The second-order valence-electron chi connectivity index (χ2n) is 5.86. The lowest BCUT2D eigenvalue weighted by Crippen LogP contribution is -1.89. The van der Waals surface area contributed by atoms with Gasteiger partial charge >= 0.3 is 6.01 Å². The van der Waals surface area contributed by atoms with Crippen LogP contribution in [-0.4, -0.2) is 10.2 Å². The summed E-state index contributed by atoms with van der Waals surface area (Å²) in [5.74, 6) is 0.751. The van der Waals surface area contributed by atoms with Gasteiger partial charge in [-0.2, -0.15) is 0 Å². The van der Waals surface area contributed by atoms with E-state index in [0.717, 1.165) is 16.3 Å². The number of anilines is 2. The van der Waals surface area contributed by atoms with Crippen molar-refractivity contribution in [2.75, 3.05) is 5.32 Å². The minimum absolute atomic E-state index is 0.376. The van der Waals surface area contributed by atoms with Crippen LogP contribution >= 0.6 is 24.4 Å². The first-order chi connectivity index (χ1) is 13.3. The zero-order chi connectivity index (χ0) is 18.5. The number of thioether (sulfide) groups is 1. The van der Waals surface area contributed by atoms with Crippen molar-refractivity contribution in [1.29, 1.82) is 0 Å². The summed E-state index contributed by atoms with van der Waals surface area (Å²) in [5, 5.41) is 11.8. The van der Waals surface area contributed by atoms with Crippen molar-refractivity contribution in [3.8, 4) is 11.1 Å². The Morgan fingerprint density at radius 2 is 1.59 bits per heavy atom. The Morgan fingerprint density at radius 1 is 0.852 bits per heavy atom. The van der Waals surface area contributed by atoms with Crippen molar-refractivity contribution < 1.29 is 4.42 Å². The Bertz CT molecular complexity index is 1020. The summed E-state index contributed by atoms with van der Waals surface area (Å²) in [6.07, 6.45) is 0. The second kappa shape index (κ2) is 8.33. The molecule has 0 radical (unpaired) electrons. The number of nitrogens with one attached hydrogen (secondary N) is 1. The molecule has 0 fully saturated rings. The van der Waals surface area contributed by atoms with Crippen molar-refractivity contribution in [3.05, 3.63) is 84.4 Å². The SMILES string of the molecule is Sc1ccc(Nc2nnc(SCc3ccccc3-c3ccccc3)o2)cc1. The molecule has 134 valence electrons. The third-order valence-corrected chi connectivity index (χ3v) is 5.14. The zero-order valence-corrected chi connectivity index (χ0v) is 16.1. The van der Waals surface area contributed by atoms with Crippen LogP contribution in [0.3, 0.4) is 0 Å². The second-order valence-corrected chi connectivity index (χ2v) is 7.30. The molecule has 0 aliphatic carbocycles. The topological polar surface area (TPSA) is 51.0 Å². The molecule has 6 heteroatoms.